The van der Waals surface area contributed by atoms with Gasteiger partial charge in [0.25, 0.3) is 0 Å². The summed E-state index contributed by atoms with van der Waals surface area (Å²) in [4.78, 5) is 27.9. The second kappa shape index (κ2) is 5.42. The fourth-order valence-electron chi connectivity index (χ4n) is 2.25. The van der Waals surface area contributed by atoms with Gasteiger partial charge >= 0.3 is 0 Å². The van der Waals surface area contributed by atoms with Crippen LogP contribution in [0.1, 0.15) is 22.9 Å². The van der Waals surface area contributed by atoms with Crippen molar-refractivity contribution >= 4 is 28.8 Å². The van der Waals surface area contributed by atoms with E-state index in [4.69, 9.17) is 0 Å². The van der Waals surface area contributed by atoms with Crippen LogP contribution < -0.4 is 10.6 Å². The van der Waals surface area contributed by atoms with Crippen LogP contribution in [-0.2, 0) is 16.1 Å². The fraction of sp³-hybridized carbons (Fsp3) is 0.214. The van der Waals surface area contributed by atoms with Crippen molar-refractivity contribution in [3.05, 3.63) is 46.4 Å². The molecule has 20 heavy (non-hydrogen) atoms. The molecule has 2 N–H and O–H groups in total. The molecule has 0 saturated heterocycles. The average Bonchev–Trinajstić information content (AvgIpc) is 3.06. The van der Waals surface area contributed by atoms with Crippen molar-refractivity contribution in [1.29, 1.82) is 0 Å². The maximum atomic E-state index is 11.9. The molecule has 2 aromatic rings. The Kier molecular flexibility index (Phi) is 3.47. The predicted molar refractivity (Wildman–Crippen MR) is 76.4 cm³/mol. The van der Waals surface area contributed by atoms with Gasteiger partial charge < -0.3 is 10.6 Å². The highest BCUT2D eigenvalue weighted by atomic mass is 32.1. The number of benzene rings is 1. The van der Waals surface area contributed by atoms with Gasteiger partial charge in [0.1, 0.15) is 5.01 Å². The third-order valence-corrected chi connectivity index (χ3v) is 4.00. The van der Waals surface area contributed by atoms with E-state index >= 15 is 0 Å². The number of hydrogen-bond acceptors (Lipinski definition) is 4. The third-order valence-electron chi connectivity index (χ3n) is 3.22. The molecule has 0 radical (unpaired) electrons. The first-order valence-corrected chi connectivity index (χ1v) is 7.17. The summed E-state index contributed by atoms with van der Waals surface area (Å²) in [6.45, 7) is 0.409. The van der Waals surface area contributed by atoms with Gasteiger partial charge in [-0.05, 0) is 11.6 Å². The van der Waals surface area contributed by atoms with Gasteiger partial charge in [-0.1, -0.05) is 18.2 Å². The summed E-state index contributed by atoms with van der Waals surface area (Å²) in [7, 11) is 0. The minimum atomic E-state index is -0.400. The van der Waals surface area contributed by atoms with Gasteiger partial charge in [-0.15, -0.1) is 11.3 Å². The molecule has 2 heterocycles. The minimum absolute atomic E-state index is 0.115. The molecule has 0 fully saturated rings. The summed E-state index contributed by atoms with van der Waals surface area (Å²) in [6.07, 6.45) is 1.86. The molecule has 5 nitrogen and oxygen atoms in total. The summed E-state index contributed by atoms with van der Waals surface area (Å²) in [6, 6.07) is 7.47. The van der Waals surface area contributed by atoms with E-state index in [1.807, 2.05) is 29.6 Å². The zero-order valence-electron chi connectivity index (χ0n) is 10.6. The minimum Gasteiger partial charge on any atom is -0.350 e. The molecule has 1 aromatic heterocycles. The normalized spacial score (nSPS) is 16.6. The molecule has 0 spiro atoms. The lowest BCUT2D eigenvalue weighted by molar-refractivity contribution is -0.125. The Morgan fingerprint density at radius 3 is 3.05 bits per heavy atom. The number of carbonyl (C=O) groups excluding carboxylic acids is 2. The van der Waals surface area contributed by atoms with Crippen molar-refractivity contribution < 1.29 is 9.59 Å². The molecule has 0 bridgehead atoms. The molecule has 102 valence electrons. The molecule has 1 aliphatic heterocycles. The highest BCUT2D eigenvalue weighted by Gasteiger charge is 2.31. The van der Waals surface area contributed by atoms with Gasteiger partial charge in [0.15, 0.2) is 0 Å². The molecule has 1 atom stereocenters. The number of aromatic nitrogens is 1. The van der Waals surface area contributed by atoms with Crippen molar-refractivity contribution in [2.75, 3.05) is 5.32 Å². The van der Waals surface area contributed by atoms with Crippen LogP contribution in [0, 0.1) is 0 Å². The van der Waals surface area contributed by atoms with E-state index in [9.17, 15) is 9.59 Å². The van der Waals surface area contributed by atoms with Crippen molar-refractivity contribution in [2.45, 2.75) is 18.9 Å². The third kappa shape index (κ3) is 2.55. The molecule has 1 aliphatic rings. The van der Waals surface area contributed by atoms with E-state index < -0.39 is 5.92 Å². The Morgan fingerprint density at radius 2 is 2.25 bits per heavy atom. The van der Waals surface area contributed by atoms with E-state index in [-0.39, 0.29) is 18.2 Å². The Morgan fingerprint density at radius 1 is 1.40 bits per heavy atom. The maximum Gasteiger partial charge on any atom is 0.232 e. The van der Waals surface area contributed by atoms with E-state index in [0.29, 0.717) is 6.54 Å². The van der Waals surface area contributed by atoms with Crippen molar-refractivity contribution in [3.8, 4) is 0 Å². The topological polar surface area (TPSA) is 71.1 Å². The number of amides is 2. The second-order valence-corrected chi connectivity index (χ2v) is 5.51. The number of para-hydroxylation sites is 1. The van der Waals surface area contributed by atoms with Gasteiger partial charge in [0.05, 0.1) is 12.5 Å². The lowest BCUT2D eigenvalue weighted by atomic mass is 9.97. The quantitative estimate of drug-likeness (QED) is 0.902. The number of nitrogens with one attached hydrogen (secondary N) is 2. The van der Waals surface area contributed by atoms with Gasteiger partial charge in [0.2, 0.25) is 11.8 Å². The Labute approximate surface area is 120 Å². The lowest BCUT2D eigenvalue weighted by Gasteiger charge is -2.08. The van der Waals surface area contributed by atoms with Crippen molar-refractivity contribution in [2.24, 2.45) is 0 Å². The zero-order valence-corrected chi connectivity index (χ0v) is 11.4. The summed E-state index contributed by atoms with van der Waals surface area (Å²) in [5, 5.41) is 8.30. The first-order valence-electron chi connectivity index (χ1n) is 6.29. The highest BCUT2D eigenvalue weighted by molar-refractivity contribution is 7.09. The van der Waals surface area contributed by atoms with Crippen LogP contribution in [0.3, 0.4) is 0 Å². The lowest BCUT2D eigenvalue weighted by Crippen LogP contribution is -2.26. The number of fused-ring (bicyclic) bond motifs is 1. The molecule has 1 aromatic carbocycles. The summed E-state index contributed by atoms with van der Waals surface area (Å²) >= 11 is 1.49. The fourth-order valence-corrected chi connectivity index (χ4v) is 2.81. The molecule has 0 saturated carbocycles. The van der Waals surface area contributed by atoms with E-state index in [1.54, 1.807) is 6.20 Å². The predicted octanol–water partition coefficient (Wildman–Crippen LogP) is 1.89. The van der Waals surface area contributed by atoms with Gasteiger partial charge in [-0.3, -0.25) is 9.59 Å². The van der Waals surface area contributed by atoms with Gasteiger partial charge in [-0.2, -0.15) is 0 Å². The van der Waals surface area contributed by atoms with Crippen LogP contribution in [-0.4, -0.2) is 16.8 Å². The largest absolute Gasteiger partial charge is 0.350 e. The van der Waals surface area contributed by atoms with Crippen LogP contribution in [0.5, 0.6) is 0 Å². The second-order valence-electron chi connectivity index (χ2n) is 4.54. The summed E-state index contributed by atoms with van der Waals surface area (Å²) < 4.78 is 0. The van der Waals surface area contributed by atoms with E-state index in [1.165, 1.54) is 11.3 Å². The average molecular weight is 287 g/mol. The Bertz CT molecular complexity index is 640. The number of thiazole rings is 1. The number of rotatable bonds is 4. The van der Waals surface area contributed by atoms with Crippen molar-refractivity contribution in [1.82, 2.24) is 10.3 Å². The molecular weight excluding hydrogens is 274 g/mol. The molecule has 3 rings (SSSR count). The standard InChI is InChI=1S/C14H13N3O2S/c18-12(16-8-13-15-5-6-20-13)7-10-9-3-1-2-4-11(9)17-14(10)19/h1-6,10H,7-8H2,(H,16,18)(H,17,19). The smallest absolute Gasteiger partial charge is 0.232 e. The van der Waals surface area contributed by atoms with Crippen molar-refractivity contribution in [3.63, 3.8) is 0 Å². The van der Waals surface area contributed by atoms with Gasteiger partial charge in [0, 0.05) is 23.7 Å². The van der Waals surface area contributed by atoms with Crippen LogP contribution in [0.15, 0.2) is 35.8 Å². The monoisotopic (exact) mass is 287 g/mol. The molecule has 6 heteroatoms. The SMILES string of the molecule is O=C(CC1C(=O)Nc2ccccc21)NCc1nccs1. The maximum absolute atomic E-state index is 11.9. The number of anilines is 1. The highest BCUT2D eigenvalue weighted by Crippen LogP contribution is 2.34. The molecular formula is C14H13N3O2S. The Balaban J connectivity index is 1.63. The van der Waals surface area contributed by atoms with E-state index in [0.717, 1.165) is 16.3 Å². The van der Waals surface area contributed by atoms with Crippen LogP contribution >= 0.6 is 11.3 Å². The van der Waals surface area contributed by atoms with Crippen LogP contribution in [0.4, 0.5) is 5.69 Å². The summed E-state index contributed by atoms with van der Waals surface area (Å²) in [5.74, 6) is -0.657. The number of hydrogen-bond donors (Lipinski definition) is 2. The Hall–Kier alpha value is -2.21. The zero-order chi connectivity index (χ0) is 13.9. The molecule has 1 unspecified atom stereocenters. The van der Waals surface area contributed by atoms with E-state index in [2.05, 4.69) is 15.6 Å². The molecule has 2 amide bonds. The number of nitrogens with zero attached hydrogens (tertiary/aromatic N) is 1. The summed E-state index contributed by atoms with van der Waals surface area (Å²) in [5.41, 5.74) is 1.69. The van der Waals surface area contributed by atoms with Gasteiger partial charge in [-0.25, -0.2) is 4.98 Å². The van der Waals surface area contributed by atoms with Crippen LogP contribution in [0.2, 0.25) is 0 Å². The number of carbonyl (C=O) groups is 2. The first-order chi connectivity index (χ1) is 9.74. The molecule has 0 aliphatic carbocycles. The van der Waals surface area contributed by atoms with Crippen LogP contribution in [0.25, 0.3) is 0 Å². The first kappa shape index (κ1) is 12.8.